The van der Waals surface area contributed by atoms with Crippen LogP contribution in [0, 0.1) is 11.7 Å². The highest BCUT2D eigenvalue weighted by Crippen LogP contribution is 2.27. The van der Waals surface area contributed by atoms with Gasteiger partial charge < -0.3 is 14.2 Å². The number of halogens is 1. The maximum absolute atomic E-state index is 13.0. The third kappa shape index (κ3) is 6.97. The van der Waals surface area contributed by atoms with E-state index in [-0.39, 0.29) is 12.4 Å². The van der Waals surface area contributed by atoms with Gasteiger partial charge in [-0.15, -0.1) is 0 Å². The van der Waals surface area contributed by atoms with Crippen molar-refractivity contribution >= 4 is 12.1 Å². The topological polar surface area (TPSA) is 69.2 Å². The number of rotatable bonds is 9. The molecule has 2 rings (SSSR count). The molecule has 144 valence electrons. The lowest BCUT2D eigenvalue weighted by molar-refractivity contribution is -0.123. The van der Waals surface area contributed by atoms with Gasteiger partial charge in [0.05, 0.1) is 19.9 Å². The summed E-state index contributed by atoms with van der Waals surface area (Å²) in [7, 11) is 1.56. The van der Waals surface area contributed by atoms with E-state index in [1.165, 1.54) is 24.4 Å². The van der Waals surface area contributed by atoms with Gasteiger partial charge in [-0.3, -0.25) is 4.79 Å². The molecular weight excluding hydrogens is 351 g/mol. The number of nitrogens with one attached hydrogen (secondary N) is 1. The Kier molecular flexibility index (Phi) is 7.61. The van der Waals surface area contributed by atoms with Crippen molar-refractivity contribution in [3.63, 3.8) is 0 Å². The van der Waals surface area contributed by atoms with Gasteiger partial charge in [0, 0.05) is 6.07 Å². The summed E-state index contributed by atoms with van der Waals surface area (Å²) in [4.78, 5) is 11.7. The molecule has 1 amide bonds. The third-order valence-electron chi connectivity index (χ3n) is 3.33. The van der Waals surface area contributed by atoms with Crippen LogP contribution in [0.5, 0.6) is 17.2 Å². The van der Waals surface area contributed by atoms with Crippen LogP contribution in [0.15, 0.2) is 47.6 Å². The zero-order chi connectivity index (χ0) is 19.6. The molecule has 0 spiro atoms. The molecule has 6 nitrogen and oxygen atoms in total. The molecule has 0 aliphatic heterocycles. The van der Waals surface area contributed by atoms with Gasteiger partial charge >= 0.3 is 0 Å². The van der Waals surface area contributed by atoms with E-state index in [9.17, 15) is 9.18 Å². The van der Waals surface area contributed by atoms with Gasteiger partial charge in [-0.25, -0.2) is 9.82 Å². The molecule has 2 aromatic rings. The van der Waals surface area contributed by atoms with Crippen LogP contribution in [0.3, 0.4) is 0 Å². The van der Waals surface area contributed by atoms with Crippen LogP contribution in [-0.2, 0) is 4.79 Å². The summed E-state index contributed by atoms with van der Waals surface area (Å²) in [6, 6.07) is 10.9. The van der Waals surface area contributed by atoms with Crippen LogP contribution in [0.1, 0.15) is 19.4 Å². The maximum Gasteiger partial charge on any atom is 0.277 e. The van der Waals surface area contributed by atoms with Crippen LogP contribution >= 0.6 is 0 Å². The molecule has 0 aliphatic rings. The third-order valence-corrected chi connectivity index (χ3v) is 3.33. The Bertz CT molecular complexity index is 793. The molecule has 0 aliphatic carbocycles. The van der Waals surface area contributed by atoms with E-state index in [0.717, 1.165) is 5.56 Å². The highest BCUT2D eigenvalue weighted by molar-refractivity contribution is 5.83. The van der Waals surface area contributed by atoms with E-state index in [2.05, 4.69) is 24.4 Å². The lowest BCUT2D eigenvalue weighted by atomic mass is 10.2. The molecule has 0 fully saturated rings. The van der Waals surface area contributed by atoms with Crippen molar-refractivity contribution in [2.75, 3.05) is 20.3 Å². The second kappa shape index (κ2) is 10.2. The number of hydrogen-bond donors (Lipinski definition) is 1. The fourth-order valence-electron chi connectivity index (χ4n) is 2.06. The number of ether oxygens (including phenoxy) is 3. The number of carbonyl (C=O) groups is 1. The van der Waals surface area contributed by atoms with Crippen molar-refractivity contribution in [1.29, 1.82) is 0 Å². The van der Waals surface area contributed by atoms with E-state index >= 15 is 0 Å². The predicted octanol–water partition coefficient (Wildman–Crippen LogP) is 3.40. The summed E-state index contributed by atoms with van der Waals surface area (Å²) in [5.74, 6) is 1.02. The van der Waals surface area contributed by atoms with Crippen LogP contribution in [-0.4, -0.2) is 32.4 Å². The molecule has 0 atom stereocenters. The first-order chi connectivity index (χ1) is 13.0. The smallest absolute Gasteiger partial charge is 0.277 e. The Balaban J connectivity index is 1.86. The first kappa shape index (κ1) is 20.2. The average Bonchev–Trinajstić information content (AvgIpc) is 2.65. The Labute approximate surface area is 157 Å². The Morgan fingerprint density at radius 1 is 1.19 bits per heavy atom. The summed E-state index contributed by atoms with van der Waals surface area (Å²) < 4.78 is 29.2. The highest BCUT2D eigenvalue weighted by atomic mass is 19.1. The van der Waals surface area contributed by atoms with Crippen molar-refractivity contribution in [2.45, 2.75) is 13.8 Å². The van der Waals surface area contributed by atoms with Crippen molar-refractivity contribution in [2.24, 2.45) is 11.0 Å². The van der Waals surface area contributed by atoms with Crippen LogP contribution in [0.4, 0.5) is 4.39 Å². The number of nitrogens with zero attached hydrogens (tertiary/aromatic N) is 1. The summed E-state index contributed by atoms with van der Waals surface area (Å²) in [5, 5.41) is 3.88. The predicted molar refractivity (Wildman–Crippen MR) is 101 cm³/mol. The number of carbonyl (C=O) groups excluding carboxylic acids is 1. The van der Waals surface area contributed by atoms with Gasteiger partial charge in [0.15, 0.2) is 18.1 Å². The number of hydrazone groups is 1. The molecule has 0 unspecified atom stereocenters. The molecule has 0 bridgehead atoms. The minimum absolute atomic E-state index is 0.272. The summed E-state index contributed by atoms with van der Waals surface area (Å²) >= 11 is 0. The van der Waals surface area contributed by atoms with Crippen molar-refractivity contribution in [1.82, 2.24) is 5.43 Å². The fourth-order valence-corrected chi connectivity index (χ4v) is 2.06. The quantitative estimate of drug-likeness (QED) is 0.540. The Morgan fingerprint density at radius 3 is 2.70 bits per heavy atom. The van der Waals surface area contributed by atoms with Gasteiger partial charge in [0.2, 0.25) is 0 Å². The molecule has 0 heterocycles. The summed E-state index contributed by atoms with van der Waals surface area (Å²) in [6.45, 7) is 4.44. The number of hydrogen-bond acceptors (Lipinski definition) is 5. The van der Waals surface area contributed by atoms with E-state index < -0.39 is 11.7 Å². The Hall–Kier alpha value is -3.09. The largest absolute Gasteiger partial charge is 0.493 e. The Morgan fingerprint density at radius 2 is 2.00 bits per heavy atom. The molecular formula is C20H23FN2O4. The lowest BCUT2D eigenvalue weighted by Gasteiger charge is -2.12. The van der Waals surface area contributed by atoms with E-state index in [1.807, 2.05) is 0 Å². The second-order valence-electron chi connectivity index (χ2n) is 6.15. The zero-order valence-electron chi connectivity index (χ0n) is 15.6. The monoisotopic (exact) mass is 374 g/mol. The van der Waals surface area contributed by atoms with Crippen molar-refractivity contribution in [3.8, 4) is 17.2 Å². The molecule has 0 radical (unpaired) electrons. The molecule has 0 saturated carbocycles. The summed E-state index contributed by atoms with van der Waals surface area (Å²) in [5.41, 5.74) is 3.08. The standard InChI is InChI=1S/C20H23FN2O4/c1-14(2)12-27-18-8-7-15(9-19(18)25-3)11-22-23-20(24)13-26-17-6-4-5-16(21)10-17/h4-11,14H,12-13H2,1-3H3,(H,23,24)/b22-11-. The first-order valence-electron chi connectivity index (χ1n) is 8.49. The fraction of sp³-hybridized carbons (Fsp3) is 0.300. The van der Waals surface area contributed by atoms with Crippen molar-refractivity contribution in [3.05, 3.63) is 53.8 Å². The zero-order valence-corrected chi connectivity index (χ0v) is 15.6. The van der Waals surface area contributed by atoms with Gasteiger partial charge in [0.1, 0.15) is 11.6 Å². The van der Waals surface area contributed by atoms with E-state index in [1.54, 1.807) is 31.4 Å². The average molecular weight is 374 g/mol. The molecule has 0 aromatic heterocycles. The van der Waals surface area contributed by atoms with Crippen LogP contribution in [0.2, 0.25) is 0 Å². The van der Waals surface area contributed by atoms with Gasteiger partial charge in [-0.2, -0.15) is 5.10 Å². The van der Waals surface area contributed by atoms with E-state index in [4.69, 9.17) is 14.2 Å². The lowest BCUT2D eigenvalue weighted by Crippen LogP contribution is -2.24. The van der Waals surface area contributed by atoms with Crippen LogP contribution < -0.4 is 19.6 Å². The number of methoxy groups -OCH3 is 1. The van der Waals surface area contributed by atoms with Crippen molar-refractivity contribution < 1.29 is 23.4 Å². The van der Waals surface area contributed by atoms with E-state index in [0.29, 0.717) is 24.0 Å². The minimum atomic E-state index is -0.459. The minimum Gasteiger partial charge on any atom is -0.493 e. The normalized spacial score (nSPS) is 10.9. The summed E-state index contributed by atoms with van der Waals surface area (Å²) in [6.07, 6.45) is 1.48. The number of amides is 1. The van der Waals surface area contributed by atoms with Gasteiger partial charge in [-0.05, 0) is 41.8 Å². The maximum atomic E-state index is 13.0. The van der Waals surface area contributed by atoms with Gasteiger partial charge in [0.25, 0.3) is 5.91 Å². The molecule has 1 N–H and O–H groups in total. The SMILES string of the molecule is COc1cc(/C=N\NC(=O)COc2cccc(F)c2)ccc1OCC(C)C. The molecule has 0 saturated heterocycles. The molecule has 27 heavy (non-hydrogen) atoms. The molecule has 7 heteroatoms. The highest BCUT2D eigenvalue weighted by Gasteiger charge is 2.06. The first-order valence-corrected chi connectivity index (χ1v) is 8.49. The second-order valence-corrected chi connectivity index (χ2v) is 6.15. The van der Waals surface area contributed by atoms with Crippen LogP contribution in [0.25, 0.3) is 0 Å². The number of benzene rings is 2. The van der Waals surface area contributed by atoms with Gasteiger partial charge in [-0.1, -0.05) is 19.9 Å². The molecule has 2 aromatic carbocycles.